The number of thioether (sulfide) groups is 1. The van der Waals surface area contributed by atoms with E-state index < -0.39 is 0 Å². The third-order valence-electron chi connectivity index (χ3n) is 2.86. The van der Waals surface area contributed by atoms with E-state index in [4.69, 9.17) is 0 Å². The zero-order valence-electron chi connectivity index (χ0n) is 9.24. The number of benzene rings is 1. The van der Waals surface area contributed by atoms with E-state index in [0.29, 0.717) is 5.25 Å². The van der Waals surface area contributed by atoms with Gasteiger partial charge in [-0.3, -0.25) is 0 Å². The third kappa shape index (κ3) is 2.73. The van der Waals surface area contributed by atoms with Crippen LogP contribution < -0.4 is 5.32 Å². The Morgan fingerprint density at radius 2 is 2.44 bits per heavy atom. The predicted octanol–water partition coefficient (Wildman–Crippen LogP) is 3.12. The largest absolute Gasteiger partial charge is 0.394 e. The molecular formula is C12H16BrNOS. The highest BCUT2D eigenvalue weighted by molar-refractivity contribution is 9.10. The molecule has 0 amide bonds. The molecule has 0 bridgehead atoms. The van der Waals surface area contributed by atoms with Crippen LogP contribution in [0.25, 0.3) is 0 Å². The van der Waals surface area contributed by atoms with Gasteiger partial charge in [-0.05, 0) is 24.6 Å². The highest BCUT2D eigenvalue weighted by Gasteiger charge is 2.37. The van der Waals surface area contributed by atoms with Crippen LogP contribution in [-0.4, -0.2) is 28.3 Å². The highest BCUT2D eigenvalue weighted by Crippen LogP contribution is 2.36. The van der Waals surface area contributed by atoms with E-state index in [9.17, 15) is 5.11 Å². The first-order valence-electron chi connectivity index (χ1n) is 5.40. The van der Waals surface area contributed by atoms with Gasteiger partial charge in [0.25, 0.3) is 0 Å². The van der Waals surface area contributed by atoms with Gasteiger partial charge in [-0.2, -0.15) is 11.8 Å². The lowest BCUT2D eigenvalue weighted by atomic mass is 9.97. The molecule has 0 spiro atoms. The molecule has 4 heteroatoms. The number of aliphatic hydroxyl groups excluding tert-OH is 1. The summed E-state index contributed by atoms with van der Waals surface area (Å²) in [6.07, 6.45) is 1.01. The number of hydrogen-bond acceptors (Lipinski definition) is 3. The zero-order valence-corrected chi connectivity index (χ0v) is 11.6. The van der Waals surface area contributed by atoms with Crippen LogP contribution in [0.5, 0.6) is 0 Å². The van der Waals surface area contributed by atoms with Crippen molar-refractivity contribution >= 4 is 33.4 Å². The molecule has 0 aromatic heterocycles. The normalized spacial score (nSPS) is 29.3. The fraction of sp³-hybridized carbons (Fsp3) is 0.500. The Kier molecular flexibility index (Phi) is 3.82. The SMILES string of the molecule is CC1CC(CO)(Nc2cccc(Br)c2)CS1. The van der Waals surface area contributed by atoms with Crippen LogP contribution in [0.15, 0.2) is 28.7 Å². The van der Waals surface area contributed by atoms with Crippen LogP contribution in [0.4, 0.5) is 5.69 Å². The molecule has 0 aliphatic carbocycles. The molecule has 1 fully saturated rings. The van der Waals surface area contributed by atoms with E-state index in [1.54, 1.807) is 0 Å². The predicted molar refractivity (Wildman–Crippen MR) is 74.1 cm³/mol. The molecule has 0 radical (unpaired) electrons. The van der Waals surface area contributed by atoms with Gasteiger partial charge in [0.1, 0.15) is 0 Å². The second-order valence-corrected chi connectivity index (χ2v) is 6.74. The first-order valence-corrected chi connectivity index (χ1v) is 7.24. The maximum atomic E-state index is 9.58. The molecule has 1 aromatic rings. The van der Waals surface area contributed by atoms with Crippen LogP contribution in [0.3, 0.4) is 0 Å². The Bertz CT molecular complexity index is 374. The quantitative estimate of drug-likeness (QED) is 0.900. The van der Waals surface area contributed by atoms with Crippen molar-refractivity contribution in [3.05, 3.63) is 28.7 Å². The van der Waals surface area contributed by atoms with Gasteiger partial charge in [0.2, 0.25) is 0 Å². The molecule has 1 aliphatic heterocycles. The van der Waals surface area contributed by atoms with Crippen molar-refractivity contribution < 1.29 is 5.11 Å². The van der Waals surface area contributed by atoms with Gasteiger partial charge >= 0.3 is 0 Å². The van der Waals surface area contributed by atoms with Gasteiger partial charge in [0.05, 0.1) is 12.1 Å². The minimum Gasteiger partial charge on any atom is -0.394 e. The van der Waals surface area contributed by atoms with Gasteiger partial charge in [-0.15, -0.1) is 0 Å². The van der Waals surface area contributed by atoms with E-state index in [1.165, 1.54) is 0 Å². The van der Waals surface area contributed by atoms with Gasteiger partial charge in [-0.25, -0.2) is 0 Å². The molecule has 2 rings (SSSR count). The molecule has 2 N–H and O–H groups in total. The summed E-state index contributed by atoms with van der Waals surface area (Å²) < 4.78 is 1.06. The van der Waals surface area contributed by atoms with Crippen LogP contribution in [0, 0.1) is 0 Å². The van der Waals surface area contributed by atoms with E-state index in [2.05, 4.69) is 28.2 Å². The summed E-state index contributed by atoms with van der Waals surface area (Å²) in [6, 6.07) is 8.09. The van der Waals surface area contributed by atoms with Crippen LogP contribution in [0.2, 0.25) is 0 Å². The molecule has 2 nitrogen and oxygen atoms in total. The lowest BCUT2D eigenvalue weighted by Crippen LogP contribution is -2.42. The highest BCUT2D eigenvalue weighted by atomic mass is 79.9. The number of hydrogen-bond donors (Lipinski definition) is 2. The topological polar surface area (TPSA) is 32.3 Å². The van der Waals surface area contributed by atoms with Crippen molar-refractivity contribution in [2.75, 3.05) is 17.7 Å². The smallest absolute Gasteiger partial charge is 0.0704 e. The minimum absolute atomic E-state index is 0.148. The summed E-state index contributed by atoms with van der Waals surface area (Å²) in [6.45, 7) is 2.40. The molecular weight excluding hydrogens is 286 g/mol. The first kappa shape index (κ1) is 12.3. The Morgan fingerprint density at radius 1 is 1.62 bits per heavy atom. The third-order valence-corrected chi connectivity index (χ3v) is 4.81. The van der Waals surface area contributed by atoms with Crippen molar-refractivity contribution in [1.82, 2.24) is 0 Å². The molecule has 2 atom stereocenters. The molecule has 1 saturated heterocycles. The maximum absolute atomic E-state index is 9.58. The van der Waals surface area contributed by atoms with Crippen molar-refractivity contribution in [3.8, 4) is 0 Å². The second kappa shape index (κ2) is 4.98. The number of nitrogens with one attached hydrogen (secondary N) is 1. The molecule has 2 unspecified atom stereocenters. The summed E-state index contributed by atoms with van der Waals surface area (Å²) in [5, 5.41) is 13.7. The fourth-order valence-corrected chi connectivity index (χ4v) is 3.80. The van der Waals surface area contributed by atoms with E-state index in [-0.39, 0.29) is 12.1 Å². The summed E-state index contributed by atoms with van der Waals surface area (Å²) in [5.74, 6) is 0.969. The zero-order chi connectivity index (χ0) is 11.6. The average molecular weight is 302 g/mol. The van der Waals surface area contributed by atoms with Crippen molar-refractivity contribution in [1.29, 1.82) is 0 Å². The molecule has 1 aliphatic rings. The van der Waals surface area contributed by atoms with E-state index >= 15 is 0 Å². The molecule has 0 saturated carbocycles. The van der Waals surface area contributed by atoms with E-state index in [0.717, 1.165) is 22.3 Å². The Hall–Kier alpha value is -0.190. The Labute approximate surface area is 109 Å². The maximum Gasteiger partial charge on any atom is 0.0704 e. The monoisotopic (exact) mass is 301 g/mol. The van der Waals surface area contributed by atoms with Crippen LogP contribution in [-0.2, 0) is 0 Å². The van der Waals surface area contributed by atoms with Crippen LogP contribution >= 0.6 is 27.7 Å². The standard InChI is InChI=1S/C12H16BrNOS/c1-9-6-12(7-15,8-16-9)14-11-4-2-3-10(13)5-11/h2-5,9,14-15H,6-8H2,1H3. The summed E-state index contributed by atoms with van der Waals surface area (Å²) in [7, 11) is 0. The molecule has 88 valence electrons. The number of aliphatic hydroxyl groups is 1. The lowest BCUT2D eigenvalue weighted by Gasteiger charge is -2.29. The van der Waals surface area contributed by atoms with Gasteiger partial charge < -0.3 is 10.4 Å². The number of anilines is 1. The summed E-state index contributed by atoms with van der Waals surface area (Å²) in [4.78, 5) is 0. The van der Waals surface area contributed by atoms with Gasteiger partial charge in [-0.1, -0.05) is 28.9 Å². The van der Waals surface area contributed by atoms with Crippen molar-refractivity contribution in [2.24, 2.45) is 0 Å². The molecule has 16 heavy (non-hydrogen) atoms. The lowest BCUT2D eigenvalue weighted by molar-refractivity contribution is 0.223. The minimum atomic E-state index is -0.148. The van der Waals surface area contributed by atoms with Crippen molar-refractivity contribution in [2.45, 2.75) is 24.1 Å². The second-order valence-electron chi connectivity index (χ2n) is 4.40. The summed E-state index contributed by atoms with van der Waals surface area (Å²) >= 11 is 5.37. The van der Waals surface area contributed by atoms with Crippen LogP contribution in [0.1, 0.15) is 13.3 Å². The fourth-order valence-electron chi connectivity index (χ4n) is 2.08. The molecule has 1 aromatic carbocycles. The van der Waals surface area contributed by atoms with Gasteiger partial charge in [0, 0.05) is 21.2 Å². The Morgan fingerprint density at radius 3 is 3.00 bits per heavy atom. The van der Waals surface area contributed by atoms with E-state index in [1.807, 2.05) is 36.0 Å². The first-order chi connectivity index (χ1) is 7.63. The Balaban J connectivity index is 2.13. The number of halogens is 1. The average Bonchev–Trinajstić information content (AvgIpc) is 2.61. The molecule has 1 heterocycles. The van der Waals surface area contributed by atoms with Crippen molar-refractivity contribution in [3.63, 3.8) is 0 Å². The number of rotatable bonds is 3. The summed E-state index contributed by atoms with van der Waals surface area (Å²) in [5.41, 5.74) is 0.920. The van der Waals surface area contributed by atoms with Gasteiger partial charge in [0.15, 0.2) is 0 Å².